The van der Waals surface area contributed by atoms with Crippen LogP contribution in [0.3, 0.4) is 0 Å². The standard InChI is InChI=1S/C12H18F3NO3/c1-7-5-8(9(6-7)11(18)19)10(17)16(2)4-3-12(13,14)15/h7-9H,3-6H2,1-2H3,(H,18,19)/t7?,8-,9+/m0/s1. The fourth-order valence-corrected chi connectivity index (χ4v) is 2.53. The molecular weight excluding hydrogens is 263 g/mol. The Morgan fingerprint density at radius 3 is 2.26 bits per heavy atom. The first kappa shape index (κ1) is 15.8. The number of hydrogen-bond donors (Lipinski definition) is 1. The van der Waals surface area contributed by atoms with Gasteiger partial charge in [0.15, 0.2) is 0 Å². The number of alkyl halides is 3. The lowest BCUT2D eigenvalue weighted by Crippen LogP contribution is -2.38. The first-order chi connectivity index (χ1) is 8.61. The van der Waals surface area contributed by atoms with Crippen LogP contribution in [0, 0.1) is 17.8 Å². The largest absolute Gasteiger partial charge is 0.481 e. The van der Waals surface area contributed by atoms with Gasteiger partial charge in [0.2, 0.25) is 5.91 Å². The molecule has 0 bridgehead atoms. The second-order valence-electron chi connectivity index (χ2n) is 5.25. The minimum Gasteiger partial charge on any atom is -0.481 e. The number of carbonyl (C=O) groups excluding carboxylic acids is 1. The minimum atomic E-state index is -4.32. The molecule has 4 nitrogen and oxygen atoms in total. The Hall–Kier alpha value is -1.27. The lowest BCUT2D eigenvalue weighted by Gasteiger charge is -2.23. The summed E-state index contributed by atoms with van der Waals surface area (Å²) in [7, 11) is 1.29. The maximum atomic E-state index is 12.1. The Kier molecular flexibility index (Phi) is 4.81. The quantitative estimate of drug-likeness (QED) is 0.859. The van der Waals surface area contributed by atoms with Gasteiger partial charge < -0.3 is 10.0 Å². The Morgan fingerprint density at radius 1 is 1.26 bits per heavy atom. The summed E-state index contributed by atoms with van der Waals surface area (Å²) in [6, 6.07) is 0. The zero-order valence-corrected chi connectivity index (χ0v) is 10.9. The van der Waals surface area contributed by atoms with Crippen molar-refractivity contribution in [2.24, 2.45) is 17.8 Å². The normalized spacial score (nSPS) is 27.3. The molecule has 7 heteroatoms. The van der Waals surface area contributed by atoms with Crippen LogP contribution >= 0.6 is 0 Å². The number of hydrogen-bond acceptors (Lipinski definition) is 2. The van der Waals surface area contributed by atoms with E-state index in [1.807, 2.05) is 6.92 Å². The van der Waals surface area contributed by atoms with E-state index in [2.05, 4.69) is 0 Å². The molecule has 1 saturated carbocycles. The molecule has 0 spiro atoms. The molecule has 0 heterocycles. The molecule has 0 radical (unpaired) electrons. The second-order valence-corrected chi connectivity index (χ2v) is 5.25. The predicted molar refractivity (Wildman–Crippen MR) is 61.3 cm³/mol. The predicted octanol–water partition coefficient (Wildman–Crippen LogP) is 2.14. The number of halogens is 3. The molecule has 0 aromatic carbocycles. The van der Waals surface area contributed by atoms with Gasteiger partial charge in [-0.05, 0) is 18.8 Å². The molecule has 1 amide bonds. The summed E-state index contributed by atoms with van der Waals surface area (Å²) < 4.78 is 36.3. The molecule has 0 aromatic heterocycles. The van der Waals surface area contributed by atoms with Gasteiger partial charge in [0.1, 0.15) is 0 Å². The first-order valence-electron chi connectivity index (χ1n) is 6.16. The minimum absolute atomic E-state index is 0.103. The number of rotatable bonds is 4. The highest BCUT2D eigenvalue weighted by Gasteiger charge is 2.42. The van der Waals surface area contributed by atoms with Crippen LogP contribution < -0.4 is 0 Å². The fourth-order valence-electron chi connectivity index (χ4n) is 2.53. The first-order valence-corrected chi connectivity index (χ1v) is 6.16. The lowest BCUT2D eigenvalue weighted by molar-refractivity contribution is -0.152. The zero-order chi connectivity index (χ0) is 14.8. The van der Waals surface area contributed by atoms with Gasteiger partial charge in [0.25, 0.3) is 0 Å². The van der Waals surface area contributed by atoms with Crippen LogP contribution in [0.4, 0.5) is 13.2 Å². The Bertz CT molecular complexity index is 357. The zero-order valence-electron chi connectivity index (χ0n) is 10.9. The maximum absolute atomic E-state index is 12.1. The van der Waals surface area contributed by atoms with E-state index in [1.54, 1.807) is 0 Å². The van der Waals surface area contributed by atoms with Crippen molar-refractivity contribution in [2.45, 2.75) is 32.4 Å². The van der Waals surface area contributed by atoms with Crippen LogP contribution in [0.15, 0.2) is 0 Å². The van der Waals surface area contributed by atoms with Crippen molar-refractivity contribution in [3.63, 3.8) is 0 Å². The van der Waals surface area contributed by atoms with E-state index in [0.29, 0.717) is 12.8 Å². The molecule has 1 aliphatic carbocycles. The van der Waals surface area contributed by atoms with E-state index in [-0.39, 0.29) is 5.92 Å². The van der Waals surface area contributed by atoms with Crippen LogP contribution in [0.2, 0.25) is 0 Å². The van der Waals surface area contributed by atoms with Gasteiger partial charge in [-0.25, -0.2) is 0 Å². The van der Waals surface area contributed by atoms with Crippen molar-refractivity contribution in [3.8, 4) is 0 Å². The number of carbonyl (C=O) groups is 2. The summed E-state index contributed by atoms with van der Waals surface area (Å²) in [5.74, 6) is -2.93. The van der Waals surface area contributed by atoms with Crippen molar-refractivity contribution < 1.29 is 27.9 Å². The third-order valence-electron chi connectivity index (χ3n) is 3.54. The molecular formula is C12H18F3NO3. The van der Waals surface area contributed by atoms with Crippen molar-refractivity contribution in [1.82, 2.24) is 4.90 Å². The number of nitrogens with zero attached hydrogens (tertiary/aromatic N) is 1. The van der Waals surface area contributed by atoms with Gasteiger partial charge in [-0.3, -0.25) is 9.59 Å². The van der Waals surface area contributed by atoms with E-state index in [9.17, 15) is 22.8 Å². The average molecular weight is 281 g/mol. The van der Waals surface area contributed by atoms with Crippen LogP contribution in [0.25, 0.3) is 0 Å². The molecule has 110 valence electrons. The number of amides is 1. The summed E-state index contributed by atoms with van der Waals surface area (Å²) in [5.41, 5.74) is 0. The van der Waals surface area contributed by atoms with Crippen LogP contribution in [-0.2, 0) is 9.59 Å². The molecule has 19 heavy (non-hydrogen) atoms. The smallest absolute Gasteiger partial charge is 0.390 e. The second kappa shape index (κ2) is 5.79. The lowest BCUT2D eigenvalue weighted by atomic mass is 9.95. The molecule has 1 N–H and O–H groups in total. The SMILES string of the molecule is CC1C[C@H](C(=O)N(C)CCC(F)(F)F)[C@H](C(=O)O)C1. The summed E-state index contributed by atoms with van der Waals surface area (Å²) in [4.78, 5) is 24.1. The highest BCUT2D eigenvalue weighted by atomic mass is 19.4. The van der Waals surface area contributed by atoms with E-state index < -0.39 is 42.9 Å². The van der Waals surface area contributed by atoms with Crippen molar-refractivity contribution >= 4 is 11.9 Å². The molecule has 1 fully saturated rings. The van der Waals surface area contributed by atoms with Crippen molar-refractivity contribution in [3.05, 3.63) is 0 Å². The highest BCUT2D eigenvalue weighted by Crippen LogP contribution is 2.37. The van der Waals surface area contributed by atoms with Crippen molar-refractivity contribution in [2.75, 3.05) is 13.6 Å². The van der Waals surface area contributed by atoms with E-state index in [1.165, 1.54) is 7.05 Å². The monoisotopic (exact) mass is 281 g/mol. The third-order valence-corrected chi connectivity index (χ3v) is 3.54. The van der Waals surface area contributed by atoms with Crippen molar-refractivity contribution in [1.29, 1.82) is 0 Å². The number of aliphatic carboxylic acids is 1. The van der Waals surface area contributed by atoms with Crippen LogP contribution in [-0.4, -0.2) is 41.7 Å². The summed E-state index contributed by atoms with van der Waals surface area (Å²) in [6.07, 6.45) is -4.57. The average Bonchev–Trinajstić information content (AvgIpc) is 2.66. The molecule has 0 saturated heterocycles. The molecule has 1 aliphatic rings. The molecule has 1 unspecified atom stereocenters. The molecule has 0 aliphatic heterocycles. The van der Waals surface area contributed by atoms with Gasteiger partial charge in [-0.1, -0.05) is 6.92 Å². The van der Waals surface area contributed by atoms with Gasteiger partial charge in [0.05, 0.1) is 18.3 Å². The Balaban J connectivity index is 2.63. The fraction of sp³-hybridized carbons (Fsp3) is 0.833. The topological polar surface area (TPSA) is 57.6 Å². The van der Waals surface area contributed by atoms with Gasteiger partial charge >= 0.3 is 12.1 Å². The van der Waals surface area contributed by atoms with E-state index in [0.717, 1.165) is 4.90 Å². The van der Waals surface area contributed by atoms with Gasteiger partial charge in [-0.2, -0.15) is 13.2 Å². The van der Waals surface area contributed by atoms with E-state index >= 15 is 0 Å². The third kappa shape index (κ3) is 4.40. The van der Waals surface area contributed by atoms with Gasteiger partial charge in [-0.15, -0.1) is 0 Å². The van der Waals surface area contributed by atoms with Gasteiger partial charge in [0, 0.05) is 13.6 Å². The molecule has 3 atom stereocenters. The van der Waals surface area contributed by atoms with Crippen LogP contribution in [0.1, 0.15) is 26.2 Å². The summed E-state index contributed by atoms with van der Waals surface area (Å²) in [6.45, 7) is 1.42. The highest BCUT2D eigenvalue weighted by molar-refractivity contribution is 5.85. The van der Waals surface area contributed by atoms with Crippen LogP contribution in [0.5, 0.6) is 0 Å². The summed E-state index contributed by atoms with van der Waals surface area (Å²) >= 11 is 0. The Labute approximate surface area is 109 Å². The Morgan fingerprint density at radius 2 is 1.79 bits per heavy atom. The number of carboxylic acids is 1. The van der Waals surface area contributed by atoms with E-state index in [4.69, 9.17) is 5.11 Å². The molecule has 1 rings (SSSR count). The maximum Gasteiger partial charge on any atom is 0.390 e. The summed E-state index contributed by atoms with van der Waals surface area (Å²) in [5, 5.41) is 9.04. The molecule has 0 aromatic rings. The number of carboxylic acid groups (broad SMARTS) is 1.